The van der Waals surface area contributed by atoms with E-state index in [4.69, 9.17) is 4.42 Å². The van der Waals surface area contributed by atoms with Crippen molar-refractivity contribution in [3.8, 4) is 27.9 Å². The molecule has 81 heavy (non-hydrogen) atoms. The third kappa shape index (κ3) is 7.45. The predicted octanol–water partition coefficient (Wildman–Crippen LogP) is 20.8. The van der Waals surface area contributed by atoms with Gasteiger partial charge in [-0.3, -0.25) is 0 Å². The van der Waals surface area contributed by atoms with Gasteiger partial charge >= 0.3 is 0 Å². The number of fused-ring (bicyclic) bond motifs is 10. The molecule has 16 rings (SSSR count). The van der Waals surface area contributed by atoms with Crippen LogP contribution in [0.4, 0.5) is 34.1 Å². The highest BCUT2D eigenvalue weighted by atomic mass is 16.3. The molecule has 0 atom stereocenters. The third-order valence-corrected chi connectivity index (χ3v) is 16.7. The van der Waals surface area contributed by atoms with Crippen LogP contribution in [-0.2, 0) is 5.41 Å². The van der Waals surface area contributed by atoms with Gasteiger partial charge in [-0.05, 0) is 158 Å². The number of rotatable bonds is 10. The lowest BCUT2D eigenvalue weighted by Crippen LogP contribution is -2.28. The monoisotopic (exact) mass is 1030 g/mol. The Morgan fingerprint density at radius 2 is 0.802 bits per heavy atom. The lowest BCUT2D eigenvalue weighted by molar-refractivity contribution is 0.669. The Balaban J connectivity index is 0.990. The average molecular weight is 1030 g/mol. The molecule has 0 radical (unpaired) electrons. The van der Waals surface area contributed by atoms with Crippen LogP contribution in [0, 0.1) is 0 Å². The Kier molecular flexibility index (Phi) is 10.8. The van der Waals surface area contributed by atoms with Gasteiger partial charge in [-0.2, -0.15) is 0 Å². The van der Waals surface area contributed by atoms with Gasteiger partial charge in [0.25, 0.3) is 0 Å². The van der Waals surface area contributed by atoms with Gasteiger partial charge in [-0.25, -0.2) is 0 Å². The molecule has 0 N–H and O–H groups in total. The summed E-state index contributed by atoms with van der Waals surface area (Å²) in [6.07, 6.45) is 0. The highest BCUT2D eigenvalue weighted by molar-refractivity contribution is 6.14. The highest BCUT2D eigenvalue weighted by Crippen LogP contribution is 2.58. The molecular weight excluding hydrogens is 983 g/mol. The fourth-order valence-corrected chi connectivity index (χ4v) is 13.2. The van der Waals surface area contributed by atoms with Gasteiger partial charge in [0.05, 0.1) is 16.4 Å². The van der Waals surface area contributed by atoms with Crippen LogP contribution < -0.4 is 9.80 Å². The van der Waals surface area contributed by atoms with E-state index >= 15 is 0 Å². The Morgan fingerprint density at radius 1 is 0.284 bits per heavy atom. The number of anilines is 6. The van der Waals surface area contributed by atoms with Crippen LogP contribution in [0.1, 0.15) is 22.3 Å². The lowest BCUT2D eigenvalue weighted by Gasteiger charge is -2.35. The average Bonchev–Trinajstić information content (AvgIpc) is 3.95. The molecule has 4 heteroatoms. The van der Waals surface area contributed by atoms with Crippen molar-refractivity contribution in [1.29, 1.82) is 0 Å². The van der Waals surface area contributed by atoms with Crippen LogP contribution in [0.2, 0.25) is 0 Å². The number of furan rings is 1. The Bertz CT molecular complexity index is 4790. The molecule has 0 unspecified atom stereocenters. The Hall–Kier alpha value is -10.7. The van der Waals surface area contributed by atoms with Crippen LogP contribution in [-0.4, -0.2) is 4.57 Å². The van der Waals surface area contributed by atoms with Gasteiger partial charge < -0.3 is 18.8 Å². The first-order chi connectivity index (χ1) is 40.2. The minimum absolute atomic E-state index is 0.609. The summed E-state index contributed by atoms with van der Waals surface area (Å²) in [4.78, 5) is 4.83. The first-order valence-electron chi connectivity index (χ1n) is 27.8. The summed E-state index contributed by atoms with van der Waals surface area (Å²) in [5.74, 6) is 0. The summed E-state index contributed by atoms with van der Waals surface area (Å²) in [6, 6.07) is 113. The number of hydrogen-bond acceptors (Lipinski definition) is 3. The fourth-order valence-electron chi connectivity index (χ4n) is 13.2. The molecule has 0 bridgehead atoms. The molecule has 0 saturated heterocycles. The van der Waals surface area contributed by atoms with Gasteiger partial charge in [0, 0.05) is 67.4 Å². The minimum Gasteiger partial charge on any atom is -0.456 e. The normalized spacial score (nSPS) is 12.5. The standard InChI is InChI=1S/C77H51N3O/c1-6-24-56(25-7-1)77(57-26-8-2-9-27-57)71-36-20-18-34-65(71)66-42-39-61(50-72(66)77)79(62-40-43-69-68-35-19-21-37-75(68)81-76(69)51-62)64-45-55(44-63(49-64)78(58-28-10-3-11-29-58)59-30-12-4-13-31-59)54-38-41-67-70-46-52-22-16-17-23-53(52)47-74(70)80(73(67)48-54)60-32-14-5-15-33-60/h1-51H. The third-order valence-electron chi connectivity index (χ3n) is 16.7. The molecule has 2 heterocycles. The zero-order valence-corrected chi connectivity index (χ0v) is 44.2. The van der Waals surface area contributed by atoms with E-state index < -0.39 is 5.41 Å². The van der Waals surface area contributed by atoms with Crippen molar-refractivity contribution in [3.05, 3.63) is 332 Å². The van der Waals surface area contributed by atoms with Gasteiger partial charge in [0.1, 0.15) is 11.2 Å². The topological polar surface area (TPSA) is 24.6 Å². The second-order valence-electron chi connectivity index (χ2n) is 21.2. The van der Waals surface area contributed by atoms with E-state index in [-0.39, 0.29) is 0 Å². The van der Waals surface area contributed by atoms with E-state index in [1.165, 1.54) is 60.4 Å². The summed E-state index contributed by atoms with van der Waals surface area (Å²) in [5, 5.41) is 7.04. The molecule has 0 amide bonds. The maximum atomic E-state index is 6.75. The quantitative estimate of drug-likeness (QED) is 0.136. The summed E-state index contributed by atoms with van der Waals surface area (Å²) >= 11 is 0. The van der Waals surface area contributed by atoms with Crippen LogP contribution in [0.15, 0.2) is 314 Å². The summed E-state index contributed by atoms with van der Waals surface area (Å²) in [5.41, 5.74) is 20.2. The van der Waals surface area contributed by atoms with E-state index in [9.17, 15) is 0 Å². The van der Waals surface area contributed by atoms with E-state index in [1.54, 1.807) is 0 Å². The molecule has 0 fully saturated rings. The summed E-state index contributed by atoms with van der Waals surface area (Å²) in [7, 11) is 0. The zero-order valence-electron chi connectivity index (χ0n) is 44.2. The predicted molar refractivity (Wildman–Crippen MR) is 338 cm³/mol. The molecule has 1 aliphatic rings. The smallest absolute Gasteiger partial charge is 0.137 e. The van der Waals surface area contributed by atoms with Crippen LogP contribution in [0.25, 0.3) is 82.5 Å². The fraction of sp³-hybridized carbons (Fsp3) is 0.0130. The van der Waals surface area contributed by atoms with Crippen molar-refractivity contribution >= 4 is 88.6 Å². The second-order valence-corrected chi connectivity index (χ2v) is 21.2. The Morgan fingerprint density at radius 3 is 1.51 bits per heavy atom. The van der Waals surface area contributed by atoms with Crippen LogP contribution in [0.3, 0.4) is 0 Å². The number of para-hydroxylation sites is 4. The summed E-state index contributed by atoms with van der Waals surface area (Å²) in [6.45, 7) is 0. The summed E-state index contributed by atoms with van der Waals surface area (Å²) < 4.78 is 9.19. The molecule has 0 spiro atoms. The zero-order chi connectivity index (χ0) is 53.4. The molecule has 0 aliphatic heterocycles. The van der Waals surface area contributed by atoms with Crippen molar-refractivity contribution in [2.75, 3.05) is 9.80 Å². The van der Waals surface area contributed by atoms with E-state index in [2.05, 4.69) is 318 Å². The number of hydrogen-bond donors (Lipinski definition) is 0. The first kappa shape index (κ1) is 46.4. The van der Waals surface area contributed by atoms with E-state index in [0.29, 0.717) is 0 Å². The lowest BCUT2D eigenvalue weighted by atomic mass is 9.67. The first-order valence-corrected chi connectivity index (χ1v) is 27.8. The van der Waals surface area contributed by atoms with Crippen molar-refractivity contribution in [2.24, 2.45) is 0 Å². The minimum atomic E-state index is -0.609. The Labute approximate surface area is 469 Å². The van der Waals surface area contributed by atoms with Crippen molar-refractivity contribution in [2.45, 2.75) is 5.41 Å². The molecule has 15 aromatic rings. The van der Waals surface area contributed by atoms with Gasteiger partial charge in [-0.15, -0.1) is 0 Å². The van der Waals surface area contributed by atoms with Gasteiger partial charge in [-0.1, -0.05) is 200 Å². The largest absolute Gasteiger partial charge is 0.456 e. The van der Waals surface area contributed by atoms with E-state index in [0.717, 1.165) is 78.4 Å². The number of nitrogens with zero attached hydrogens (tertiary/aromatic N) is 3. The molecule has 4 nitrogen and oxygen atoms in total. The number of benzene rings is 13. The maximum absolute atomic E-state index is 6.75. The van der Waals surface area contributed by atoms with Crippen LogP contribution >= 0.6 is 0 Å². The van der Waals surface area contributed by atoms with Gasteiger partial charge in [0.2, 0.25) is 0 Å². The van der Waals surface area contributed by atoms with E-state index in [1.807, 2.05) is 6.07 Å². The SMILES string of the molecule is c1ccc(N(c2ccccc2)c2cc(-c3ccc4c5cc6ccccc6cc5n(-c5ccccc5)c4c3)cc(N(c3ccc4c(c3)C(c3ccccc3)(c3ccccc3)c3ccccc3-4)c3ccc4c(c3)oc3ccccc34)c2)cc1. The van der Waals surface area contributed by atoms with Crippen molar-refractivity contribution < 1.29 is 4.42 Å². The molecule has 13 aromatic carbocycles. The van der Waals surface area contributed by atoms with Crippen molar-refractivity contribution in [1.82, 2.24) is 4.57 Å². The maximum Gasteiger partial charge on any atom is 0.137 e. The molecular formula is C77H51N3O. The van der Waals surface area contributed by atoms with Crippen LogP contribution in [0.5, 0.6) is 0 Å². The molecule has 2 aromatic heterocycles. The second kappa shape index (κ2) is 18.8. The molecule has 380 valence electrons. The molecule has 1 aliphatic carbocycles. The highest BCUT2D eigenvalue weighted by Gasteiger charge is 2.46. The number of aromatic nitrogens is 1. The van der Waals surface area contributed by atoms with Crippen molar-refractivity contribution in [3.63, 3.8) is 0 Å². The molecule has 0 saturated carbocycles. The van der Waals surface area contributed by atoms with Gasteiger partial charge in [0.15, 0.2) is 0 Å².